The summed E-state index contributed by atoms with van der Waals surface area (Å²) in [5.74, 6) is 9.41. The minimum atomic E-state index is -0.321. The van der Waals surface area contributed by atoms with Gasteiger partial charge in [0.2, 0.25) is 17.7 Å². The van der Waals surface area contributed by atoms with E-state index in [1.54, 1.807) is 46.4 Å². The SMILES string of the molecule is CC(C)c1nnc(-c2ccccc2)n1C1CCNCC1.CCC(=O)N(c1ccccc1)C1CCNCC1.CCC(=O)N(c1ccccc1F)C1CCNCC1.CCC(=O)N(c1ccccc1OC)C1CCNCC1.CN(CC1CCNCC1)C(=O)Nc1ccccc1.Cc1nnc(-c2ccccc2)n1C1CCNCC1.Cc1nnc(C(C)C)n1C1CCNCC1.Clc1ccc2nc(NCC3CCNCC3)sc2c1. The Bertz CT molecular complexity index is 5530. The number of thiazole rings is 1. The van der Waals surface area contributed by atoms with Crippen molar-refractivity contribution in [3.8, 4) is 28.5 Å². The molecule has 0 saturated carbocycles. The number of nitrogens with zero attached hydrogens (tertiary/aromatic N) is 14. The van der Waals surface area contributed by atoms with Gasteiger partial charge < -0.3 is 91.2 Å². The van der Waals surface area contributed by atoms with E-state index in [4.69, 9.17) is 16.3 Å². The number of carbonyl (C=O) groups excluding carboxylic acids is 4. The van der Waals surface area contributed by atoms with Crippen LogP contribution in [0.5, 0.6) is 5.75 Å². The average molecular weight is 2000 g/mol. The number of benzene rings is 7. The second kappa shape index (κ2) is 59.5. The van der Waals surface area contributed by atoms with Gasteiger partial charge in [0, 0.05) is 115 Å². The van der Waals surface area contributed by atoms with Crippen LogP contribution in [0, 0.1) is 31.5 Å². The van der Waals surface area contributed by atoms with Crippen molar-refractivity contribution in [2.75, 3.05) is 157 Å². The first-order valence-corrected chi connectivity index (χ1v) is 53.7. The summed E-state index contributed by atoms with van der Waals surface area (Å²) in [5.41, 5.74) is 6.52. The number of piperidine rings is 8. The van der Waals surface area contributed by atoms with Crippen LogP contribution in [0.4, 0.5) is 37.1 Å². The molecule has 29 nitrogen and oxygen atoms in total. The monoisotopic (exact) mass is 1990 g/mol. The molecule has 0 spiro atoms. The van der Waals surface area contributed by atoms with Gasteiger partial charge in [-0.3, -0.25) is 14.4 Å². The molecule has 4 aromatic heterocycles. The standard InChI is InChI=1S/C16H22N4.C15H22N2O2.C14H19FN2O.C14H18N4.C14H21N3O.C14H20N2O.C13H16ClN3S.C11H20N4/c1-12(2)15-18-19-16(13-6-4-3-5-7-13)20(15)14-8-10-17-11-9-14;1-3-15(18)17(12-8-10-16-11-9-12)13-6-4-5-7-14(13)19-2;1-2-14(18)17(11-7-9-16-10-8-11)13-6-4-3-5-12(13)15;1-11-16-17-14(12-5-3-2-4-6-12)18(11)13-7-9-15-10-8-13;1-17(11-12-7-9-15-10-8-12)14(18)16-13-5-3-2-4-6-13;1-2-14(17)16(12-6-4-3-5-7-12)13-8-10-15-11-9-13;14-10-1-2-11-12(7-10)18-13(17-11)16-8-9-3-5-15-6-4-9;1-8(2)11-14-13-9(3)15(11)10-4-6-12-7-5-10/h3-7,12,14,17H,8-11H2,1-2H3;4-7,12,16H,3,8-11H2,1-2H3;3-6,11,16H,2,7-10H2,1H3;2-6,13,15H,7-10H2,1H3;2-6,12,15H,7-11H2,1H3,(H,16,18);3-7,13,15H,2,8-11H2,1H3;1-2,7,9,15H,3-6,8H2,(H,16,17);8,10,12H,4-7H2,1-3H3. The Kier molecular flexibility index (Phi) is 46.1. The van der Waals surface area contributed by atoms with E-state index < -0.39 is 0 Å². The third-order valence-electron chi connectivity index (χ3n) is 27.5. The number of aryl methyl sites for hydroxylation is 2. The fourth-order valence-corrected chi connectivity index (χ4v) is 21.0. The number of aromatic nitrogens is 10. The van der Waals surface area contributed by atoms with Crippen LogP contribution < -0.4 is 72.6 Å². The van der Waals surface area contributed by atoms with Crippen LogP contribution in [0.3, 0.4) is 0 Å². The molecular formula is C111H158ClFN24O5S. The normalized spacial score (nSPS) is 16.9. The second-order valence-corrected chi connectivity index (χ2v) is 39.9. The maximum Gasteiger partial charge on any atom is 0.321 e. The van der Waals surface area contributed by atoms with E-state index in [1.807, 2.05) is 172 Å². The summed E-state index contributed by atoms with van der Waals surface area (Å²) in [4.78, 5) is 60.5. The lowest BCUT2D eigenvalue weighted by Gasteiger charge is -2.35. The third-order valence-corrected chi connectivity index (χ3v) is 28.7. The van der Waals surface area contributed by atoms with E-state index in [2.05, 4.69) is 173 Å². The quantitative estimate of drug-likeness (QED) is 0.0284. The number of anilines is 5. The first-order valence-electron chi connectivity index (χ1n) is 52.5. The van der Waals surface area contributed by atoms with Gasteiger partial charge in [-0.1, -0.05) is 193 Å². The molecule has 8 aliphatic heterocycles. The fourth-order valence-electron chi connectivity index (χ4n) is 19.8. The lowest BCUT2D eigenvalue weighted by Crippen LogP contribution is -2.46. The summed E-state index contributed by atoms with van der Waals surface area (Å²) in [6.45, 7) is 37.0. The van der Waals surface area contributed by atoms with Crippen LogP contribution in [0.25, 0.3) is 33.0 Å². The van der Waals surface area contributed by atoms with Crippen molar-refractivity contribution in [2.45, 2.75) is 232 Å². The molecule has 143 heavy (non-hydrogen) atoms. The Morgan fingerprint density at radius 1 is 0.441 bits per heavy atom. The molecule has 12 heterocycles. The van der Waals surface area contributed by atoms with E-state index in [-0.39, 0.29) is 41.7 Å². The minimum Gasteiger partial charge on any atom is -0.495 e. The number of fused-ring (bicyclic) bond motifs is 1. The highest BCUT2D eigenvalue weighted by molar-refractivity contribution is 7.22. The number of para-hydroxylation sites is 5. The lowest BCUT2D eigenvalue weighted by atomic mass is 9.98. The zero-order valence-electron chi connectivity index (χ0n) is 86.3. The Morgan fingerprint density at radius 2 is 0.818 bits per heavy atom. The van der Waals surface area contributed by atoms with Crippen LogP contribution in [0.15, 0.2) is 188 Å². The summed E-state index contributed by atoms with van der Waals surface area (Å²) in [7, 11) is 3.51. The van der Waals surface area contributed by atoms with Gasteiger partial charge in [0.15, 0.2) is 16.8 Å². The lowest BCUT2D eigenvalue weighted by molar-refractivity contribution is -0.119. The number of methoxy groups -OCH3 is 1. The van der Waals surface area contributed by atoms with Crippen LogP contribution >= 0.6 is 22.9 Å². The summed E-state index contributed by atoms with van der Waals surface area (Å²) >= 11 is 7.66. The van der Waals surface area contributed by atoms with Crippen LogP contribution in [-0.4, -0.2) is 228 Å². The number of halogens is 2. The molecule has 10 N–H and O–H groups in total. The van der Waals surface area contributed by atoms with Crippen molar-refractivity contribution in [1.82, 2.24) is 96.7 Å². The number of carbonyl (C=O) groups is 4. The molecule has 772 valence electrons. The summed E-state index contributed by atoms with van der Waals surface area (Å²) in [6, 6.07) is 62.8. The van der Waals surface area contributed by atoms with Crippen molar-refractivity contribution in [3.63, 3.8) is 0 Å². The zero-order valence-corrected chi connectivity index (χ0v) is 87.9. The molecule has 8 saturated heterocycles. The van der Waals surface area contributed by atoms with Gasteiger partial charge in [-0.25, -0.2) is 14.2 Å². The second-order valence-electron chi connectivity index (χ2n) is 38.5. The first-order chi connectivity index (χ1) is 69.7. The van der Waals surface area contributed by atoms with Crippen molar-refractivity contribution < 1.29 is 28.3 Å². The Balaban J connectivity index is 0.000000146. The predicted octanol–water partition coefficient (Wildman–Crippen LogP) is 19.0. The van der Waals surface area contributed by atoms with E-state index >= 15 is 0 Å². The number of rotatable bonds is 23. The van der Waals surface area contributed by atoms with Gasteiger partial charge >= 0.3 is 6.03 Å². The maximum absolute atomic E-state index is 13.9. The summed E-state index contributed by atoms with van der Waals surface area (Å²) < 4.78 is 27.4. The molecule has 0 bridgehead atoms. The fraction of sp³-hybridized carbons (Fsp3) is 0.523. The highest BCUT2D eigenvalue weighted by Gasteiger charge is 2.33. The summed E-state index contributed by atoms with van der Waals surface area (Å²) in [6.07, 6.45) is 19.1. The van der Waals surface area contributed by atoms with Crippen molar-refractivity contribution >= 4 is 84.8 Å². The van der Waals surface area contributed by atoms with Gasteiger partial charge in [-0.15, -0.1) is 30.6 Å². The van der Waals surface area contributed by atoms with Crippen LogP contribution in [-0.2, 0) is 14.4 Å². The molecule has 32 heteroatoms. The van der Waals surface area contributed by atoms with Gasteiger partial charge in [0.1, 0.15) is 34.9 Å². The molecular weight excluding hydrogens is 1840 g/mol. The van der Waals surface area contributed by atoms with Gasteiger partial charge in [-0.2, -0.15) is 0 Å². The number of nitrogens with one attached hydrogen (secondary N) is 10. The number of hydrogen-bond donors (Lipinski definition) is 10. The smallest absolute Gasteiger partial charge is 0.321 e. The largest absolute Gasteiger partial charge is 0.495 e. The van der Waals surface area contributed by atoms with E-state index in [9.17, 15) is 23.6 Å². The topological polar surface area (TPSA) is 316 Å². The first kappa shape index (κ1) is 111. The van der Waals surface area contributed by atoms with Crippen molar-refractivity contribution in [1.29, 1.82) is 0 Å². The molecule has 5 amide bonds. The van der Waals surface area contributed by atoms with Crippen molar-refractivity contribution in [2.24, 2.45) is 11.8 Å². The molecule has 0 atom stereocenters. The zero-order chi connectivity index (χ0) is 101. The molecule has 7 aromatic carbocycles. The third kappa shape index (κ3) is 33.3. The summed E-state index contributed by atoms with van der Waals surface area (Å²) in [5, 5.41) is 61.1. The molecule has 8 aliphatic rings. The molecule has 0 aliphatic carbocycles. The Morgan fingerprint density at radius 3 is 1.31 bits per heavy atom. The number of ether oxygens (including phenoxy) is 1. The Hall–Kier alpha value is -11.0. The van der Waals surface area contributed by atoms with Gasteiger partial charge in [-0.05, 0) is 300 Å². The molecule has 19 rings (SSSR count). The molecule has 0 radical (unpaired) electrons. The van der Waals surface area contributed by atoms with E-state index in [1.165, 1.54) is 31.7 Å². The predicted molar refractivity (Wildman–Crippen MR) is 581 cm³/mol. The average Bonchev–Trinajstić information content (AvgIpc) is 1.73. The number of amides is 5. The highest BCUT2D eigenvalue weighted by Crippen LogP contribution is 2.37. The number of urea groups is 1. The van der Waals surface area contributed by atoms with Gasteiger partial charge in [0.25, 0.3) is 0 Å². The van der Waals surface area contributed by atoms with Crippen LogP contribution in [0.1, 0.15) is 224 Å². The van der Waals surface area contributed by atoms with E-state index in [0.717, 1.165) is 290 Å². The van der Waals surface area contributed by atoms with Crippen molar-refractivity contribution in [3.05, 3.63) is 222 Å². The molecule has 0 unspecified atom stereocenters. The van der Waals surface area contributed by atoms with Crippen LogP contribution in [0.2, 0.25) is 5.02 Å². The molecule has 8 fully saturated rings. The van der Waals surface area contributed by atoms with Gasteiger partial charge in [0.05, 0.1) is 28.7 Å². The number of hydrogen-bond acceptors (Lipinski definition) is 22. The minimum absolute atomic E-state index is 0.00741. The highest BCUT2D eigenvalue weighted by atomic mass is 35.5. The Labute approximate surface area is 856 Å². The van der Waals surface area contributed by atoms with E-state index in [0.29, 0.717) is 66.9 Å². The molecule has 11 aromatic rings. The maximum atomic E-state index is 13.9.